The van der Waals surface area contributed by atoms with Crippen LogP contribution in [0.25, 0.3) is 0 Å². The molecule has 1 N–H and O–H groups in total. The largest absolute Gasteiger partial charge is 0.353 e. The lowest BCUT2D eigenvalue weighted by molar-refractivity contribution is -0.135. The number of amides is 1. The topological polar surface area (TPSA) is 81.9 Å². The third-order valence-corrected chi connectivity index (χ3v) is 6.21. The van der Waals surface area contributed by atoms with Crippen LogP contribution < -0.4 is 5.32 Å². The van der Waals surface area contributed by atoms with Gasteiger partial charge in [-0.05, 0) is 25.2 Å². The minimum absolute atomic E-state index is 0. The first-order valence-corrected chi connectivity index (χ1v) is 11.4. The molecule has 1 amide bonds. The quantitative estimate of drug-likeness (QED) is 0.247. The first-order chi connectivity index (χ1) is 14.9. The summed E-state index contributed by atoms with van der Waals surface area (Å²) in [5.74, 6) is 4.02. The Morgan fingerprint density at radius 1 is 1.16 bits per heavy atom. The highest BCUT2D eigenvalue weighted by Gasteiger charge is 2.28. The number of likely N-dealkylation sites (tertiary alicyclic amines) is 1. The molecular weight excluding hydrogens is 519 g/mol. The van der Waals surface area contributed by atoms with Crippen LogP contribution in [0.15, 0.2) is 17.6 Å². The Morgan fingerprint density at radius 2 is 1.81 bits per heavy atom. The number of nitrogens with one attached hydrogen (secondary N) is 1. The van der Waals surface area contributed by atoms with E-state index >= 15 is 0 Å². The van der Waals surface area contributed by atoms with E-state index in [-0.39, 0.29) is 29.9 Å². The van der Waals surface area contributed by atoms with Gasteiger partial charge in [0.25, 0.3) is 0 Å². The van der Waals surface area contributed by atoms with Gasteiger partial charge in [0.1, 0.15) is 12.4 Å². The van der Waals surface area contributed by atoms with Gasteiger partial charge in [-0.1, -0.05) is 19.9 Å². The van der Waals surface area contributed by atoms with Crippen LogP contribution in [0.2, 0.25) is 0 Å². The fraction of sp³-hybridized carbons (Fsp3) is 0.727. The molecular formula is C22H39IN8O. The summed E-state index contributed by atoms with van der Waals surface area (Å²) >= 11 is 0. The van der Waals surface area contributed by atoms with Gasteiger partial charge in [0.05, 0.1) is 6.54 Å². The molecule has 2 aliphatic rings. The van der Waals surface area contributed by atoms with Gasteiger partial charge in [-0.2, -0.15) is 0 Å². The zero-order chi connectivity index (χ0) is 22.4. The summed E-state index contributed by atoms with van der Waals surface area (Å²) in [5, 5.41) is 11.7. The minimum atomic E-state index is 0. The highest BCUT2D eigenvalue weighted by Crippen LogP contribution is 2.21. The number of piperazine rings is 1. The summed E-state index contributed by atoms with van der Waals surface area (Å²) in [7, 11) is 1.96. The van der Waals surface area contributed by atoms with Gasteiger partial charge < -0.3 is 19.7 Å². The lowest BCUT2D eigenvalue weighted by Gasteiger charge is -2.39. The van der Waals surface area contributed by atoms with Crippen LogP contribution in [0.1, 0.15) is 31.9 Å². The molecule has 2 atom stereocenters. The standard InChI is InChI=1S/C22H38N8O.HI/c1-6-7-23-22(24-13-20-26-25-19(4)27(20)5)29-10-8-28(9-11-29)16-21(31)30-14-17(2)12-18(3)15-30;/h6,17-18H,1,7-16H2,2-5H3,(H,23,24);1H. The van der Waals surface area contributed by atoms with Gasteiger partial charge in [0.2, 0.25) is 5.91 Å². The summed E-state index contributed by atoms with van der Waals surface area (Å²) in [5.41, 5.74) is 0. The SMILES string of the molecule is C=CCNC(=NCc1nnc(C)n1C)N1CCN(CC(=O)N2CC(C)CC(C)C2)CC1.I. The number of nitrogens with zero attached hydrogens (tertiary/aromatic N) is 7. The summed E-state index contributed by atoms with van der Waals surface area (Å²) in [6.45, 7) is 17.0. The number of rotatable bonds is 6. The van der Waals surface area contributed by atoms with Gasteiger partial charge >= 0.3 is 0 Å². The third-order valence-electron chi connectivity index (χ3n) is 6.21. The van der Waals surface area contributed by atoms with E-state index in [4.69, 9.17) is 4.99 Å². The van der Waals surface area contributed by atoms with Crippen molar-refractivity contribution in [1.29, 1.82) is 0 Å². The second-order valence-electron chi connectivity index (χ2n) is 9.04. The van der Waals surface area contributed by atoms with Crippen molar-refractivity contribution in [3.05, 3.63) is 24.3 Å². The zero-order valence-corrected chi connectivity index (χ0v) is 22.3. The normalized spacial score (nSPS) is 22.4. The lowest BCUT2D eigenvalue weighted by Crippen LogP contribution is -2.55. The Labute approximate surface area is 209 Å². The van der Waals surface area contributed by atoms with Crippen LogP contribution in [0.4, 0.5) is 0 Å². The Morgan fingerprint density at radius 3 is 2.38 bits per heavy atom. The molecule has 0 aromatic carbocycles. The van der Waals surface area contributed by atoms with E-state index in [1.807, 2.05) is 24.6 Å². The average Bonchev–Trinajstić information content (AvgIpc) is 3.06. The predicted molar refractivity (Wildman–Crippen MR) is 138 cm³/mol. The number of hydrogen-bond donors (Lipinski definition) is 1. The average molecular weight is 559 g/mol. The maximum Gasteiger partial charge on any atom is 0.236 e. The smallest absolute Gasteiger partial charge is 0.236 e. The number of aromatic nitrogens is 3. The second-order valence-corrected chi connectivity index (χ2v) is 9.04. The molecule has 2 aliphatic heterocycles. The molecule has 2 unspecified atom stereocenters. The molecule has 0 spiro atoms. The number of aryl methyl sites for hydroxylation is 1. The van der Waals surface area contributed by atoms with Crippen molar-refractivity contribution in [1.82, 2.24) is 34.8 Å². The number of carbonyl (C=O) groups excluding carboxylic acids is 1. The van der Waals surface area contributed by atoms with E-state index < -0.39 is 0 Å². The number of carbonyl (C=O) groups is 1. The van der Waals surface area contributed by atoms with E-state index in [0.29, 0.717) is 31.5 Å². The number of aliphatic imine (C=N–C) groups is 1. The zero-order valence-electron chi connectivity index (χ0n) is 20.0. The Bertz CT molecular complexity index is 777. The molecule has 1 aromatic rings. The number of piperidine rings is 1. The lowest BCUT2D eigenvalue weighted by atomic mass is 9.92. The van der Waals surface area contributed by atoms with Gasteiger partial charge in [-0.15, -0.1) is 40.8 Å². The minimum Gasteiger partial charge on any atom is -0.353 e. The van der Waals surface area contributed by atoms with E-state index in [9.17, 15) is 4.79 Å². The fourth-order valence-corrected chi connectivity index (χ4v) is 4.44. The number of hydrogen-bond acceptors (Lipinski definition) is 5. The van der Waals surface area contributed by atoms with E-state index in [0.717, 1.165) is 56.9 Å². The summed E-state index contributed by atoms with van der Waals surface area (Å²) in [4.78, 5) is 24.2. The van der Waals surface area contributed by atoms with Crippen LogP contribution in [-0.2, 0) is 18.4 Å². The van der Waals surface area contributed by atoms with Crippen LogP contribution >= 0.6 is 24.0 Å². The Hall–Kier alpha value is -1.69. The molecule has 1 aromatic heterocycles. The van der Waals surface area contributed by atoms with E-state index in [1.165, 1.54) is 6.42 Å². The van der Waals surface area contributed by atoms with Crippen molar-refractivity contribution in [3.63, 3.8) is 0 Å². The molecule has 10 heteroatoms. The molecule has 0 radical (unpaired) electrons. The summed E-state index contributed by atoms with van der Waals surface area (Å²) < 4.78 is 1.96. The maximum atomic E-state index is 12.8. The van der Waals surface area contributed by atoms with Gasteiger partial charge in [0.15, 0.2) is 11.8 Å². The van der Waals surface area contributed by atoms with E-state index in [2.05, 4.69) is 50.6 Å². The molecule has 180 valence electrons. The van der Waals surface area contributed by atoms with Gasteiger partial charge in [-0.3, -0.25) is 9.69 Å². The van der Waals surface area contributed by atoms with Crippen molar-refractivity contribution >= 4 is 35.8 Å². The Kier molecular flexibility index (Phi) is 10.4. The monoisotopic (exact) mass is 558 g/mol. The molecule has 3 rings (SSSR count). The fourth-order valence-electron chi connectivity index (χ4n) is 4.44. The predicted octanol–water partition coefficient (Wildman–Crippen LogP) is 1.50. The molecule has 0 aliphatic carbocycles. The maximum absolute atomic E-state index is 12.8. The molecule has 9 nitrogen and oxygen atoms in total. The molecule has 0 bridgehead atoms. The first kappa shape index (κ1) is 26.6. The van der Waals surface area contributed by atoms with Crippen LogP contribution in [0.3, 0.4) is 0 Å². The molecule has 3 heterocycles. The Balaban J connectivity index is 0.00000363. The number of guanidine groups is 1. The van der Waals surface area contributed by atoms with Crippen LogP contribution in [0, 0.1) is 18.8 Å². The summed E-state index contributed by atoms with van der Waals surface area (Å²) in [6, 6.07) is 0. The highest BCUT2D eigenvalue weighted by atomic mass is 127. The van der Waals surface area contributed by atoms with Crippen molar-refractivity contribution in [2.45, 2.75) is 33.7 Å². The third kappa shape index (κ3) is 7.16. The molecule has 32 heavy (non-hydrogen) atoms. The van der Waals surface area contributed by atoms with Gasteiger partial charge in [-0.25, -0.2) is 4.99 Å². The van der Waals surface area contributed by atoms with Crippen LogP contribution in [-0.4, -0.2) is 93.7 Å². The van der Waals surface area contributed by atoms with Crippen molar-refractivity contribution in [3.8, 4) is 0 Å². The van der Waals surface area contributed by atoms with Crippen molar-refractivity contribution < 1.29 is 4.79 Å². The molecule has 2 fully saturated rings. The second kappa shape index (κ2) is 12.5. The molecule has 2 saturated heterocycles. The van der Waals surface area contributed by atoms with Crippen molar-refractivity contribution in [2.24, 2.45) is 23.9 Å². The van der Waals surface area contributed by atoms with Crippen LogP contribution in [0.5, 0.6) is 0 Å². The summed E-state index contributed by atoms with van der Waals surface area (Å²) in [6.07, 6.45) is 3.05. The first-order valence-electron chi connectivity index (χ1n) is 11.4. The van der Waals surface area contributed by atoms with Gasteiger partial charge in [0, 0.05) is 52.9 Å². The van der Waals surface area contributed by atoms with E-state index in [1.54, 1.807) is 0 Å². The van der Waals surface area contributed by atoms with Crippen molar-refractivity contribution in [2.75, 3.05) is 52.4 Å². The highest BCUT2D eigenvalue weighted by molar-refractivity contribution is 14.0. The number of halogens is 1. The molecule has 0 saturated carbocycles.